The molecule has 3 aliphatic carbocycles. The molecule has 0 saturated heterocycles. The minimum Gasteiger partial charge on any atom is -0.507 e. The molecular weight excluding hydrogens is 574 g/mol. The van der Waals surface area contributed by atoms with Gasteiger partial charge in [0.1, 0.15) is 5.75 Å². The van der Waals surface area contributed by atoms with Crippen LogP contribution in [-0.2, 0) is 32.1 Å². The van der Waals surface area contributed by atoms with Crippen molar-refractivity contribution in [1.82, 2.24) is 9.80 Å². The Balaban J connectivity index is 1.54. The second-order valence-corrected chi connectivity index (χ2v) is 12.5. The maximum atomic E-state index is 14.0. The third-order valence-electron chi connectivity index (χ3n) is 9.68. The number of likely N-dealkylation sites (N-methyl/N-ethyl adjacent to an activating group) is 1. The minimum absolute atomic E-state index is 0.0304. The molecule has 5 rings (SSSR count). The molecule has 3 unspecified atom stereocenters. The highest BCUT2D eigenvalue weighted by molar-refractivity contribution is 6.34. The second kappa shape index (κ2) is 11.2. The van der Waals surface area contributed by atoms with E-state index in [1.165, 1.54) is 11.0 Å². The molecule has 7 atom stereocenters. The Labute approximate surface area is 254 Å². The summed E-state index contributed by atoms with van der Waals surface area (Å²) in [5.74, 6) is -10.9. The smallest absolute Gasteiger partial charge is 0.235 e. The molecule has 0 heterocycles. The number of benzene rings is 2. The van der Waals surface area contributed by atoms with E-state index in [9.17, 15) is 34.2 Å². The molecule has 10 nitrogen and oxygen atoms in total. The number of Topliss-reactive ketones (excluding diaryl/α,β-unsaturated/α-hetero) is 4. The highest BCUT2D eigenvalue weighted by atomic mass is 35.5. The van der Waals surface area contributed by atoms with Crippen molar-refractivity contribution in [2.24, 2.45) is 29.4 Å². The summed E-state index contributed by atoms with van der Waals surface area (Å²) >= 11 is 6.94. The summed E-state index contributed by atoms with van der Waals surface area (Å²) < 4.78 is 0. The van der Waals surface area contributed by atoms with Crippen LogP contribution in [0.3, 0.4) is 0 Å². The molecule has 0 aliphatic heterocycles. The van der Waals surface area contributed by atoms with E-state index in [0.29, 0.717) is 29.2 Å². The van der Waals surface area contributed by atoms with Gasteiger partial charge in [0.25, 0.3) is 0 Å². The standard InChI is InChI=1S/C32H36ClN3O7/c1-5-36(15(2)16-9-7-6-8-10-16)14-18-13-21(37)23-19(25(18)33)11-17-12-20-26(35(3)4)28(39)24(31(34)42)30(41)32(20,43)29(40)22(17)27(23)38/h6-10,13,15,17,20,22,24,26,37,43H,5,11-12,14H2,1-4H3,(H2,34,42)/t15?,17-,20-,22?,24?,26-,32-/m0/s1. The van der Waals surface area contributed by atoms with Gasteiger partial charge in [0, 0.05) is 23.5 Å². The van der Waals surface area contributed by atoms with Crippen molar-refractivity contribution in [1.29, 1.82) is 0 Å². The first-order valence-electron chi connectivity index (χ1n) is 14.4. The number of nitrogens with two attached hydrogens (primary N) is 1. The summed E-state index contributed by atoms with van der Waals surface area (Å²) in [7, 11) is 3.09. The molecule has 2 aromatic carbocycles. The Hall–Kier alpha value is -3.44. The van der Waals surface area contributed by atoms with Crippen LogP contribution < -0.4 is 5.73 Å². The number of rotatable bonds is 7. The van der Waals surface area contributed by atoms with Crippen LogP contribution >= 0.6 is 11.6 Å². The number of aliphatic hydroxyl groups is 1. The number of carbonyl (C=O) groups excluding carboxylic acids is 5. The van der Waals surface area contributed by atoms with Gasteiger partial charge in [-0.05, 0) is 69.1 Å². The topological polar surface area (TPSA) is 158 Å². The lowest BCUT2D eigenvalue weighted by atomic mass is 9.52. The van der Waals surface area contributed by atoms with E-state index >= 15 is 0 Å². The Morgan fingerprint density at radius 3 is 2.37 bits per heavy atom. The molecule has 0 aromatic heterocycles. The Bertz CT molecular complexity index is 1530. The summed E-state index contributed by atoms with van der Waals surface area (Å²) in [6, 6.07) is 10.3. The molecule has 0 spiro atoms. The van der Waals surface area contributed by atoms with Gasteiger partial charge in [-0.3, -0.25) is 33.8 Å². The molecule has 0 bridgehead atoms. The van der Waals surface area contributed by atoms with Crippen molar-refractivity contribution in [3.63, 3.8) is 0 Å². The summed E-state index contributed by atoms with van der Waals surface area (Å²) in [6.07, 6.45) is 0.0871. The zero-order chi connectivity index (χ0) is 31.5. The van der Waals surface area contributed by atoms with Gasteiger partial charge in [0.15, 0.2) is 34.7 Å². The summed E-state index contributed by atoms with van der Waals surface area (Å²) in [5.41, 5.74) is 4.62. The number of halogens is 1. The minimum atomic E-state index is -2.76. The SMILES string of the molecule is CCN(Cc1cc(O)c2c(c1Cl)C[C@H]1C[C@H]3[C@H](N(C)C)C(=O)C(C(N)=O)C(=O)[C@@]3(O)C(=O)C1C2=O)C(C)c1ccccc1. The highest BCUT2D eigenvalue weighted by Crippen LogP contribution is 2.52. The molecule has 2 fully saturated rings. The van der Waals surface area contributed by atoms with Crippen LogP contribution in [0.5, 0.6) is 5.75 Å². The van der Waals surface area contributed by atoms with Gasteiger partial charge in [0.2, 0.25) is 5.91 Å². The lowest BCUT2D eigenvalue weighted by molar-refractivity contribution is -0.181. The maximum Gasteiger partial charge on any atom is 0.235 e. The van der Waals surface area contributed by atoms with Gasteiger partial charge in [-0.25, -0.2) is 0 Å². The van der Waals surface area contributed by atoms with Crippen molar-refractivity contribution in [3.05, 3.63) is 63.7 Å². The van der Waals surface area contributed by atoms with Crippen LogP contribution in [0.4, 0.5) is 0 Å². The fourth-order valence-corrected chi connectivity index (χ4v) is 7.79. The fourth-order valence-electron chi connectivity index (χ4n) is 7.51. The van der Waals surface area contributed by atoms with Crippen molar-refractivity contribution in [2.45, 2.75) is 50.9 Å². The van der Waals surface area contributed by atoms with Gasteiger partial charge in [-0.2, -0.15) is 0 Å². The predicted octanol–water partition coefficient (Wildman–Crippen LogP) is 2.10. The highest BCUT2D eigenvalue weighted by Gasteiger charge is 2.69. The molecule has 11 heteroatoms. The van der Waals surface area contributed by atoms with Crippen molar-refractivity contribution < 1.29 is 34.2 Å². The van der Waals surface area contributed by atoms with E-state index in [1.807, 2.05) is 37.3 Å². The van der Waals surface area contributed by atoms with Gasteiger partial charge in [-0.1, -0.05) is 48.9 Å². The molecule has 228 valence electrons. The monoisotopic (exact) mass is 609 g/mol. The lowest BCUT2D eigenvalue weighted by Gasteiger charge is -2.52. The van der Waals surface area contributed by atoms with Crippen LogP contribution in [0.15, 0.2) is 36.4 Å². The number of hydrogen-bond acceptors (Lipinski definition) is 9. The Morgan fingerprint density at radius 1 is 1.14 bits per heavy atom. The average molecular weight is 610 g/mol. The molecule has 43 heavy (non-hydrogen) atoms. The fraction of sp³-hybridized carbons (Fsp3) is 0.469. The third kappa shape index (κ3) is 4.71. The zero-order valence-corrected chi connectivity index (χ0v) is 25.3. The number of hydrogen-bond donors (Lipinski definition) is 3. The van der Waals surface area contributed by atoms with E-state index in [1.54, 1.807) is 14.1 Å². The number of fused-ring (bicyclic) bond motifs is 3. The number of ketones is 4. The molecule has 2 aromatic rings. The van der Waals surface area contributed by atoms with Gasteiger partial charge < -0.3 is 15.9 Å². The van der Waals surface area contributed by atoms with Crippen LogP contribution in [0.2, 0.25) is 5.02 Å². The Kier molecular flexibility index (Phi) is 8.11. The van der Waals surface area contributed by atoms with Crippen molar-refractivity contribution >= 4 is 40.6 Å². The molecule has 0 radical (unpaired) electrons. The molecule has 1 amide bonds. The van der Waals surface area contributed by atoms with Gasteiger partial charge in [0.05, 0.1) is 17.5 Å². The maximum absolute atomic E-state index is 14.0. The zero-order valence-electron chi connectivity index (χ0n) is 24.5. The van der Waals surface area contributed by atoms with Crippen LogP contribution in [-0.4, -0.2) is 81.3 Å². The first-order valence-corrected chi connectivity index (χ1v) is 14.8. The van der Waals surface area contributed by atoms with E-state index in [2.05, 4.69) is 11.8 Å². The molecule has 2 saturated carbocycles. The van der Waals surface area contributed by atoms with Crippen LogP contribution in [0.25, 0.3) is 0 Å². The number of amides is 1. The van der Waals surface area contributed by atoms with Gasteiger partial charge >= 0.3 is 0 Å². The van der Waals surface area contributed by atoms with E-state index < -0.39 is 64.4 Å². The third-order valence-corrected chi connectivity index (χ3v) is 10.1. The van der Waals surface area contributed by atoms with Crippen molar-refractivity contribution in [3.8, 4) is 5.75 Å². The number of aromatic hydroxyl groups is 1. The summed E-state index contributed by atoms with van der Waals surface area (Å²) in [5, 5.41) is 23.1. The summed E-state index contributed by atoms with van der Waals surface area (Å²) in [4.78, 5) is 70.3. The number of primary amides is 1. The lowest BCUT2D eigenvalue weighted by Crippen LogP contribution is -2.74. The van der Waals surface area contributed by atoms with E-state index in [-0.39, 0.29) is 30.2 Å². The average Bonchev–Trinajstić information content (AvgIpc) is 2.95. The second-order valence-electron chi connectivity index (χ2n) is 12.2. The van der Waals surface area contributed by atoms with Crippen LogP contribution in [0.1, 0.15) is 53.4 Å². The number of carbonyl (C=O) groups is 5. The van der Waals surface area contributed by atoms with E-state index in [4.69, 9.17) is 17.3 Å². The summed E-state index contributed by atoms with van der Waals surface area (Å²) in [6.45, 7) is 5.16. The van der Waals surface area contributed by atoms with Crippen molar-refractivity contribution in [2.75, 3.05) is 20.6 Å². The first-order chi connectivity index (χ1) is 20.2. The normalized spacial score (nSPS) is 29.3. The number of phenolic OH excluding ortho intramolecular Hbond substituents is 1. The van der Waals surface area contributed by atoms with Gasteiger partial charge in [-0.15, -0.1) is 0 Å². The predicted molar refractivity (Wildman–Crippen MR) is 157 cm³/mol. The van der Waals surface area contributed by atoms with E-state index in [0.717, 1.165) is 5.56 Å². The number of nitrogens with zero attached hydrogens (tertiary/aromatic N) is 2. The first kappa shape index (κ1) is 31.0. The quantitative estimate of drug-likeness (QED) is 0.400. The molecular formula is C32H36ClN3O7. The molecule has 3 aliphatic rings. The Morgan fingerprint density at radius 2 is 1.79 bits per heavy atom. The van der Waals surface area contributed by atoms with Crippen LogP contribution in [0, 0.1) is 23.7 Å². The largest absolute Gasteiger partial charge is 0.507 e. The number of phenols is 1. The molecule has 4 N–H and O–H groups in total.